The normalized spacial score (nSPS) is 12.5. The molecule has 2 aromatic heterocycles. The minimum absolute atomic E-state index is 0.0110. The first-order valence-electron chi connectivity index (χ1n) is 4.46. The number of aromatic nitrogens is 3. The summed E-state index contributed by atoms with van der Waals surface area (Å²) in [6.45, 7) is 0. The van der Waals surface area contributed by atoms with Crippen LogP contribution in [0.3, 0.4) is 0 Å². The van der Waals surface area contributed by atoms with Gasteiger partial charge in [0.2, 0.25) is 5.95 Å². The largest absolute Gasteiger partial charge is 0.308 e. The van der Waals surface area contributed by atoms with E-state index in [0.717, 1.165) is 14.5 Å². The zero-order chi connectivity index (χ0) is 12.8. The lowest BCUT2D eigenvalue weighted by molar-refractivity contribution is 0.511. The Bertz CT molecular complexity index is 682. The average Bonchev–Trinajstić information content (AvgIpc) is 2.56. The van der Waals surface area contributed by atoms with Crippen molar-refractivity contribution in [1.82, 2.24) is 18.2 Å². The second-order valence-corrected chi connectivity index (χ2v) is 6.61. The first-order chi connectivity index (χ1) is 7.84. The Hall–Kier alpha value is -0.810. The summed E-state index contributed by atoms with van der Waals surface area (Å²) in [5.41, 5.74) is 0.348. The molecule has 92 valence electrons. The Kier molecular flexibility index (Phi) is 3.08. The predicted octanol–water partition coefficient (Wildman–Crippen LogP) is 0.830. The van der Waals surface area contributed by atoms with Crippen LogP contribution in [-0.4, -0.2) is 40.8 Å². The third kappa shape index (κ3) is 2.02. The highest BCUT2D eigenvalue weighted by Crippen LogP contribution is 2.21. The van der Waals surface area contributed by atoms with E-state index in [2.05, 4.69) is 9.97 Å². The third-order valence-corrected chi connectivity index (χ3v) is 4.59. The minimum atomic E-state index is -3.72. The van der Waals surface area contributed by atoms with Crippen LogP contribution < -0.4 is 0 Å². The lowest BCUT2D eigenvalue weighted by atomic mass is 10.5. The molecule has 2 rings (SSSR count). The summed E-state index contributed by atoms with van der Waals surface area (Å²) in [6, 6.07) is 0. The van der Waals surface area contributed by atoms with Gasteiger partial charge >= 0.3 is 10.2 Å². The van der Waals surface area contributed by atoms with Gasteiger partial charge in [-0.2, -0.15) is 22.1 Å². The number of fused-ring (bicyclic) bond motifs is 1. The number of nitrogens with zero attached hydrogens (tertiary/aromatic N) is 4. The Morgan fingerprint density at radius 3 is 2.71 bits per heavy atom. The molecule has 0 spiro atoms. The monoisotopic (exact) mass is 370 g/mol. The van der Waals surface area contributed by atoms with Crippen molar-refractivity contribution in [1.29, 1.82) is 0 Å². The van der Waals surface area contributed by atoms with Gasteiger partial charge in [0.15, 0.2) is 5.65 Å². The highest BCUT2D eigenvalue weighted by molar-refractivity contribution is 14.1. The van der Waals surface area contributed by atoms with Gasteiger partial charge < -0.3 is 0 Å². The molecule has 0 atom stereocenters. The average molecular weight is 370 g/mol. The first kappa shape index (κ1) is 12.6. The van der Waals surface area contributed by atoms with Gasteiger partial charge in [-0.15, -0.1) is 0 Å². The summed E-state index contributed by atoms with van der Waals surface area (Å²) in [5.74, 6) is -0.817. The molecule has 0 aliphatic heterocycles. The second-order valence-electron chi connectivity index (χ2n) is 3.43. The Labute approximate surface area is 111 Å². The summed E-state index contributed by atoms with van der Waals surface area (Å²) in [6.07, 6.45) is 2.32. The fourth-order valence-electron chi connectivity index (χ4n) is 1.26. The fourth-order valence-corrected chi connectivity index (χ4v) is 3.04. The van der Waals surface area contributed by atoms with E-state index in [9.17, 15) is 12.8 Å². The molecule has 2 heterocycles. The van der Waals surface area contributed by atoms with E-state index >= 15 is 0 Å². The van der Waals surface area contributed by atoms with Gasteiger partial charge in [-0.25, -0.2) is 8.96 Å². The number of hydrogen-bond donors (Lipinski definition) is 0. The van der Waals surface area contributed by atoms with Crippen molar-refractivity contribution in [3.8, 4) is 0 Å². The number of rotatable bonds is 2. The summed E-state index contributed by atoms with van der Waals surface area (Å²) in [7, 11) is -0.944. The summed E-state index contributed by atoms with van der Waals surface area (Å²) < 4.78 is 39.5. The van der Waals surface area contributed by atoms with E-state index in [1.54, 1.807) is 0 Å². The number of hydrogen-bond acceptors (Lipinski definition) is 4. The van der Waals surface area contributed by atoms with Gasteiger partial charge in [0, 0.05) is 20.3 Å². The molecule has 0 unspecified atom stereocenters. The molecule has 0 fully saturated rings. The van der Waals surface area contributed by atoms with Crippen LogP contribution in [0.2, 0.25) is 0 Å². The molecule has 17 heavy (non-hydrogen) atoms. The van der Waals surface area contributed by atoms with Crippen LogP contribution in [0.25, 0.3) is 11.2 Å². The van der Waals surface area contributed by atoms with Crippen LogP contribution >= 0.6 is 22.6 Å². The van der Waals surface area contributed by atoms with Crippen molar-refractivity contribution in [2.24, 2.45) is 0 Å². The summed E-state index contributed by atoms with van der Waals surface area (Å²) in [5, 5.41) is 0. The Balaban J connectivity index is 2.84. The van der Waals surface area contributed by atoms with Crippen molar-refractivity contribution in [3.05, 3.63) is 21.9 Å². The molecular weight excluding hydrogens is 362 g/mol. The Morgan fingerprint density at radius 1 is 1.47 bits per heavy atom. The first-order valence-corrected chi connectivity index (χ1v) is 6.93. The predicted molar refractivity (Wildman–Crippen MR) is 68.2 cm³/mol. The van der Waals surface area contributed by atoms with Gasteiger partial charge in [-0.05, 0) is 22.6 Å². The molecule has 0 bridgehead atoms. The maximum Gasteiger partial charge on any atom is 0.308 e. The summed E-state index contributed by atoms with van der Waals surface area (Å²) >= 11 is 1.93. The standard InChI is InChI=1S/C8H8FIN4O2S/c1-13(2)17(15,16)14-4-5(10)7-8(14)12-6(9)3-11-7/h3-4H,1-2H3. The van der Waals surface area contributed by atoms with Crippen molar-refractivity contribution in [2.45, 2.75) is 0 Å². The molecule has 0 aliphatic carbocycles. The molecule has 9 heteroatoms. The molecule has 0 radical (unpaired) electrons. The maximum atomic E-state index is 13.0. The fraction of sp³-hybridized carbons (Fsp3) is 0.250. The van der Waals surface area contributed by atoms with E-state index in [-0.39, 0.29) is 5.65 Å². The van der Waals surface area contributed by atoms with Gasteiger partial charge in [0.05, 0.1) is 9.77 Å². The van der Waals surface area contributed by atoms with Crippen LogP contribution in [0.15, 0.2) is 12.4 Å². The van der Waals surface area contributed by atoms with Crippen LogP contribution in [-0.2, 0) is 10.2 Å². The van der Waals surface area contributed by atoms with Gasteiger partial charge in [0.1, 0.15) is 5.52 Å². The zero-order valence-corrected chi connectivity index (χ0v) is 11.9. The van der Waals surface area contributed by atoms with E-state index in [4.69, 9.17) is 0 Å². The van der Waals surface area contributed by atoms with E-state index in [1.165, 1.54) is 20.3 Å². The molecule has 0 saturated carbocycles. The molecular formula is C8H8FIN4O2S. The maximum absolute atomic E-state index is 13.0. The minimum Gasteiger partial charge on any atom is -0.247 e. The molecule has 6 nitrogen and oxygen atoms in total. The van der Waals surface area contributed by atoms with Crippen LogP contribution in [0.1, 0.15) is 0 Å². The third-order valence-electron chi connectivity index (χ3n) is 2.10. The molecule has 0 aromatic carbocycles. The van der Waals surface area contributed by atoms with E-state index in [1.807, 2.05) is 22.6 Å². The zero-order valence-electron chi connectivity index (χ0n) is 8.92. The molecule has 2 aromatic rings. The van der Waals surface area contributed by atoms with E-state index in [0.29, 0.717) is 9.09 Å². The summed E-state index contributed by atoms with van der Waals surface area (Å²) in [4.78, 5) is 7.39. The van der Waals surface area contributed by atoms with E-state index < -0.39 is 16.2 Å². The lowest BCUT2D eigenvalue weighted by Gasteiger charge is -2.12. The van der Waals surface area contributed by atoms with Crippen molar-refractivity contribution in [2.75, 3.05) is 14.1 Å². The van der Waals surface area contributed by atoms with Crippen molar-refractivity contribution >= 4 is 44.0 Å². The topological polar surface area (TPSA) is 68.1 Å². The SMILES string of the molecule is CN(C)S(=O)(=O)n1cc(I)c2ncc(F)nc21. The van der Waals surface area contributed by atoms with Gasteiger partial charge in [-0.1, -0.05) is 0 Å². The molecule has 0 aliphatic rings. The van der Waals surface area contributed by atoms with Gasteiger partial charge in [0.25, 0.3) is 0 Å². The quantitative estimate of drug-likeness (QED) is 0.735. The van der Waals surface area contributed by atoms with Crippen LogP contribution in [0.4, 0.5) is 4.39 Å². The van der Waals surface area contributed by atoms with Crippen molar-refractivity contribution < 1.29 is 12.8 Å². The van der Waals surface area contributed by atoms with Gasteiger partial charge in [-0.3, -0.25) is 0 Å². The highest BCUT2D eigenvalue weighted by Gasteiger charge is 2.22. The smallest absolute Gasteiger partial charge is 0.247 e. The lowest BCUT2D eigenvalue weighted by Crippen LogP contribution is -2.28. The van der Waals surface area contributed by atoms with Crippen LogP contribution in [0.5, 0.6) is 0 Å². The highest BCUT2D eigenvalue weighted by atomic mass is 127. The molecule has 0 N–H and O–H groups in total. The Morgan fingerprint density at radius 2 is 2.12 bits per heavy atom. The molecule has 0 saturated heterocycles. The number of halogens is 2. The van der Waals surface area contributed by atoms with Crippen molar-refractivity contribution in [3.63, 3.8) is 0 Å². The molecule has 0 amide bonds. The van der Waals surface area contributed by atoms with Crippen LogP contribution in [0, 0.1) is 9.52 Å². The second kappa shape index (κ2) is 4.14.